The number of carbonyl (C=O) groups is 1. The molecule has 0 spiro atoms. The van der Waals surface area contributed by atoms with Gasteiger partial charge in [-0.05, 0) is 19.1 Å². The minimum atomic E-state index is -0.487. The van der Waals surface area contributed by atoms with Crippen molar-refractivity contribution in [1.29, 1.82) is 0 Å². The molecular formula is C16H16N6O4S. The summed E-state index contributed by atoms with van der Waals surface area (Å²) in [6.07, 6.45) is -0.487. The number of nitrogens with one attached hydrogen (secondary N) is 1. The van der Waals surface area contributed by atoms with Crippen LogP contribution in [-0.2, 0) is 4.79 Å². The molecule has 0 saturated carbocycles. The molecule has 140 valence electrons. The Bertz CT molecular complexity index is 971. The molecule has 0 unspecified atom stereocenters. The van der Waals surface area contributed by atoms with Crippen LogP contribution in [0.1, 0.15) is 17.7 Å². The third kappa shape index (κ3) is 3.67. The van der Waals surface area contributed by atoms with Crippen LogP contribution in [0.2, 0.25) is 0 Å². The van der Waals surface area contributed by atoms with E-state index in [9.17, 15) is 4.79 Å². The molecule has 0 bridgehead atoms. The molecule has 0 saturated heterocycles. The number of ether oxygens (including phenoxy) is 2. The van der Waals surface area contributed by atoms with E-state index in [4.69, 9.17) is 19.8 Å². The third-order valence-electron chi connectivity index (χ3n) is 3.72. The van der Waals surface area contributed by atoms with Crippen molar-refractivity contribution in [3.63, 3.8) is 0 Å². The Hall–Kier alpha value is -3.21. The van der Waals surface area contributed by atoms with Crippen molar-refractivity contribution in [3.05, 3.63) is 41.9 Å². The van der Waals surface area contributed by atoms with Gasteiger partial charge < -0.3 is 25.2 Å². The predicted molar refractivity (Wildman–Crippen MR) is 96.1 cm³/mol. The second-order valence-electron chi connectivity index (χ2n) is 5.73. The standard InChI is InChI=1S/C16H16N6O4S/c1-9-6-13(21-26-9)18-14(23)8-27-16-20-19-15(22(16)17)12-7-24-10-4-2-3-5-11(10)25-12/h2-6,12H,7-8,17H2,1H3,(H,18,21,23)/t12-/m0/s1. The largest absolute Gasteiger partial charge is 0.485 e. The summed E-state index contributed by atoms with van der Waals surface area (Å²) in [6, 6.07) is 8.99. The van der Waals surface area contributed by atoms with E-state index in [2.05, 4.69) is 20.7 Å². The molecule has 11 heteroatoms. The lowest BCUT2D eigenvalue weighted by Crippen LogP contribution is -2.27. The molecule has 3 aromatic rings. The van der Waals surface area contributed by atoms with E-state index in [1.807, 2.05) is 24.3 Å². The number of aromatic nitrogens is 4. The topological polar surface area (TPSA) is 130 Å². The zero-order valence-corrected chi connectivity index (χ0v) is 15.1. The van der Waals surface area contributed by atoms with Gasteiger partial charge in [0.15, 0.2) is 29.2 Å². The maximum atomic E-state index is 12.0. The Balaban J connectivity index is 1.38. The Morgan fingerprint density at radius 1 is 1.37 bits per heavy atom. The molecule has 1 aliphatic rings. The summed E-state index contributed by atoms with van der Waals surface area (Å²) in [5.41, 5.74) is 0. The average molecular weight is 388 g/mol. The van der Waals surface area contributed by atoms with E-state index in [0.29, 0.717) is 34.1 Å². The van der Waals surface area contributed by atoms with Crippen molar-refractivity contribution < 1.29 is 18.8 Å². The molecule has 1 aromatic carbocycles. The van der Waals surface area contributed by atoms with Crippen LogP contribution in [0.5, 0.6) is 11.5 Å². The van der Waals surface area contributed by atoms with Gasteiger partial charge in [-0.15, -0.1) is 10.2 Å². The quantitative estimate of drug-likeness (QED) is 0.493. The molecule has 0 radical (unpaired) electrons. The van der Waals surface area contributed by atoms with Crippen LogP contribution >= 0.6 is 11.8 Å². The summed E-state index contributed by atoms with van der Waals surface area (Å²) in [5.74, 6) is 8.58. The summed E-state index contributed by atoms with van der Waals surface area (Å²) < 4.78 is 17.8. The second-order valence-corrected chi connectivity index (χ2v) is 6.68. The number of thioether (sulfide) groups is 1. The molecule has 1 aliphatic heterocycles. The van der Waals surface area contributed by atoms with Crippen LogP contribution in [0.25, 0.3) is 0 Å². The molecule has 3 heterocycles. The van der Waals surface area contributed by atoms with E-state index < -0.39 is 6.10 Å². The van der Waals surface area contributed by atoms with Gasteiger partial charge in [0.2, 0.25) is 11.1 Å². The summed E-state index contributed by atoms with van der Waals surface area (Å²) in [7, 11) is 0. The summed E-state index contributed by atoms with van der Waals surface area (Å²) in [4.78, 5) is 12.0. The first-order valence-electron chi connectivity index (χ1n) is 8.05. The Labute approximate surface area is 158 Å². The highest BCUT2D eigenvalue weighted by Gasteiger charge is 2.28. The number of hydrogen-bond donors (Lipinski definition) is 2. The number of fused-ring (bicyclic) bond motifs is 1. The van der Waals surface area contributed by atoms with Crippen LogP contribution in [0.15, 0.2) is 40.0 Å². The van der Waals surface area contributed by atoms with Crippen LogP contribution in [0.4, 0.5) is 5.82 Å². The zero-order valence-electron chi connectivity index (χ0n) is 14.3. The highest BCUT2D eigenvalue weighted by molar-refractivity contribution is 7.99. The third-order valence-corrected chi connectivity index (χ3v) is 4.66. The van der Waals surface area contributed by atoms with Crippen molar-refractivity contribution in [2.75, 3.05) is 23.5 Å². The van der Waals surface area contributed by atoms with Crippen LogP contribution < -0.4 is 20.6 Å². The molecule has 27 heavy (non-hydrogen) atoms. The van der Waals surface area contributed by atoms with E-state index in [1.54, 1.807) is 13.0 Å². The number of hydrogen-bond acceptors (Lipinski definition) is 9. The number of aryl methyl sites for hydroxylation is 1. The lowest BCUT2D eigenvalue weighted by atomic mass is 10.2. The number of benzene rings is 1. The second kappa shape index (κ2) is 7.19. The zero-order chi connectivity index (χ0) is 18.8. The molecule has 1 atom stereocenters. The monoisotopic (exact) mass is 388 g/mol. The predicted octanol–water partition coefficient (Wildman–Crippen LogP) is 1.53. The van der Waals surface area contributed by atoms with Crippen molar-refractivity contribution in [3.8, 4) is 11.5 Å². The smallest absolute Gasteiger partial charge is 0.236 e. The van der Waals surface area contributed by atoms with Crippen LogP contribution in [0.3, 0.4) is 0 Å². The van der Waals surface area contributed by atoms with Crippen molar-refractivity contribution in [2.45, 2.75) is 18.2 Å². The van der Waals surface area contributed by atoms with Crippen molar-refractivity contribution in [2.24, 2.45) is 0 Å². The first kappa shape index (κ1) is 17.2. The SMILES string of the molecule is Cc1cc(NC(=O)CSc2nnc([C@@H]3COc4ccccc4O3)n2N)no1. The van der Waals surface area contributed by atoms with E-state index in [0.717, 1.165) is 11.8 Å². The number of nitrogens with zero attached hydrogens (tertiary/aromatic N) is 4. The van der Waals surface area contributed by atoms with E-state index in [-0.39, 0.29) is 18.3 Å². The minimum absolute atomic E-state index is 0.0894. The maximum absolute atomic E-state index is 12.0. The Morgan fingerprint density at radius 3 is 2.96 bits per heavy atom. The number of amides is 1. The molecular weight excluding hydrogens is 372 g/mol. The van der Waals surface area contributed by atoms with Gasteiger partial charge in [-0.2, -0.15) is 0 Å². The van der Waals surface area contributed by atoms with E-state index >= 15 is 0 Å². The number of para-hydroxylation sites is 2. The number of nitrogen functional groups attached to an aromatic ring is 1. The first-order chi connectivity index (χ1) is 13.1. The van der Waals surface area contributed by atoms with Crippen LogP contribution in [0, 0.1) is 6.92 Å². The van der Waals surface area contributed by atoms with Gasteiger partial charge in [0.05, 0.1) is 5.75 Å². The molecule has 4 rings (SSSR count). The van der Waals surface area contributed by atoms with Gasteiger partial charge in [0, 0.05) is 6.07 Å². The highest BCUT2D eigenvalue weighted by atomic mass is 32.2. The fourth-order valence-electron chi connectivity index (χ4n) is 2.49. The highest BCUT2D eigenvalue weighted by Crippen LogP contribution is 2.35. The van der Waals surface area contributed by atoms with Crippen LogP contribution in [-0.4, -0.2) is 38.3 Å². The lowest BCUT2D eigenvalue weighted by Gasteiger charge is -2.25. The Morgan fingerprint density at radius 2 is 2.19 bits per heavy atom. The molecule has 0 fully saturated rings. The fourth-order valence-corrected chi connectivity index (χ4v) is 3.15. The van der Waals surface area contributed by atoms with Gasteiger partial charge in [-0.3, -0.25) is 4.79 Å². The molecule has 3 N–H and O–H groups in total. The Kier molecular flexibility index (Phi) is 4.59. The van der Waals surface area contributed by atoms with Gasteiger partial charge in [-0.1, -0.05) is 29.1 Å². The molecule has 1 amide bonds. The maximum Gasteiger partial charge on any atom is 0.236 e. The summed E-state index contributed by atoms with van der Waals surface area (Å²) in [6.45, 7) is 2.01. The summed E-state index contributed by atoms with van der Waals surface area (Å²) >= 11 is 1.15. The van der Waals surface area contributed by atoms with Gasteiger partial charge in [0.25, 0.3) is 0 Å². The molecule has 0 aliphatic carbocycles. The molecule has 2 aromatic heterocycles. The van der Waals surface area contributed by atoms with Gasteiger partial charge >= 0.3 is 0 Å². The van der Waals surface area contributed by atoms with Crippen molar-refractivity contribution >= 4 is 23.5 Å². The van der Waals surface area contributed by atoms with Crippen molar-refractivity contribution in [1.82, 2.24) is 20.0 Å². The molecule has 10 nitrogen and oxygen atoms in total. The normalized spacial score (nSPS) is 15.5. The minimum Gasteiger partial charge on any atom is -0.485 e. The first-order valence-corrected chi connectivity index (χ1v) is 9.03. The fraction of sp³-hybridized carbons (Fsp3) is 0.250. The lowest BCUT2D eigenvalue weighted by molar-refractivity contribution is -0.113. The number of carbonyl (C=O) groups excluding carboxylic acids is 1. The van der Waals surface area contributed by atoms with E-state index in [1.165, 1.54) is 4.68 Å². The number of anilines is 1. The average Bonchev–Trinajstić information content (AvgIpc) is 3.25. The summed E-state index contributed by atoms with van der Waals surface area (Å²) in [5, 5.41) is 14.8. The van der Waals surface area contributed by atoms with Gasteiger partial charge in [-0.25, -0.2) is 4.68 Å². The van der Waals surface area contributed by atoms with Gasteiger partial charge in [0.1, 0.15) is 12.4 Å². The number of rotatable bonds is 5. The number of nitrogens with two attached hydrogens (primary N) is 1.